The topological polar surface area (TPSA) is 84.0 Å². The predicted molar refractivity (Wildman–Crippen MR) is 134 cm³/mol. The molecule has 2 amide bonds. The Balaban J connectivity index is 1.38. The fourth-order valence-corrected chi connectivity index (χ4v) is 4.10. The number of ether oxygens (including phenoxy) is 2. The molecule has 2 heterocycles. The lowest BCUT2D eigenvalue weighted by atomic mass is 10.0. The standard InChI is InChI=1S/C27H29FN4O4/c1-18(33)29-14-23-17-32(27(34)36-23)22-9-10-24(25(28)12-22)21-7-4-19(5-8-21)15-31(2)16-20-6-11-26(35-3)30-13-20/h4-13,23H,14-17H2,1-3H3,(H,29,33)/t23-/m0/s1. The Bertz CT molecular complexity index is 1220. The van der Waals surface area contributed by atoms with E-state index in [-0.39, 0.29) is 19.0 Å². The maximum absolute atomic E-state index is 15.0. The molecule has 1 aliphatic heterocycles. The molecule has 8 nitrogen and oxygen atoms in total. The number of benzene rings is 2. The van der Waals surface area contributed by atoms with Gasteiger partial charge in [0.15, 0.2) is 0 Å². The van der Waals surface area contributed by atoms with Crippen LogP contribution in [0, 0.1) is 5.82 Å². The Kier molecular flexibility index (Phi) is 7.80. The minimum Gasteiger partial charge on any atom is -0.481 e. The Hall–Kier alpha value is -3.98. The molecule has 0 unspecified atom stereocenters. The van der Waals surface area contributed by atoms with Crippen molar-refractivity contribution in [2.45, 2.75) is 26.1 Å². The molecule has 1 saturated heterocycles. The van der Waals surface area contributed by atoms with E-state index in [4.69, 9.17) is 9.47 Å². The second-order valence-corrected chi connectivity index (χ2v) is 8.80. The second-order valence-electron chi connectivity index (χ2n) is 8.80. The van der Waals surface area contributed by atoms with E-state index in [0.717, 1.165) is 29.8 Å². The van der Waals surface area contributed by atoms with Crippen LogP contribution in [-0.4, -0.2) is 55.2 Å². The second kappa shape index (κ2) is 11.2. The van der Waals surface area contributed by atoms with Crippen molar-refractivity contribution in [2.24, 2.45) is 0 Å². The quantitative estimate of drug-likeness (QED) is 0.486. The van der Waals surface area contributed by atoms with Crippen molar-refractivity contribution in [1.82, 2.24) is 15.2 Å². The zero-order valence-corrected chi connectivity index (χ0v) is 20.5. The van der Waals surface area contributed by atoms with Gasteiger partial charge in [0.2, 0.25) is 11.8 Å². The number of cyclic esters (lactones) is 1. The molecule has 3 aromatic rings. The lowest BCUT2D eigenvalue weighted by Gasteiger charge is -2.17. The molecule has 4 rings (SSSR count). The van der Waals surface area contributed by atoms with Crippen LogP contribution < -0.4 is 15.0 Å². The van der Waals surface area contributed by atoms with Gasteiger partial charge in [0.25, 0.3) is 0 Å². The van der Waals surface area contributed by atoms with Crippen LogP contribution in [0.3, 0.4) is 0 Å². The number of rotatable bonds is 9. The molecule has 0 radical (unpaired) electrons. The number of carbonyl (C=O) groups excluding carboxylic acids is 2. The number of carbonyl (C=O) groups is 2. The van der Waals surface area contributed by atoms with Gasteiger partial charge in [0.05, 0.1) is 25.9 Å². The van der Waals surface area contributed by atoms with E-state index in [2.05, 4.69) is 15.2 Å². The lowest BCUT2D eigenvalue weighted by Crippen LogP contribution is -2.33. The van der Waals surface area contributed by atoms with E-state index >= 15 is 4.39 Å². The molecular weight excluding hydrogens is 463 g/mol. The molecule has 0 bridgehead atoms. The number of pyridine rings is 1. The van der Waals surface area contributed by atoms with Crippen molar-refractivity contribution in [3.63, 3.8) is 0 Å². The van der Waals surface area contributed by atoms with E-state index in [0.29, 0.717) is 17.1 Å². The van der Waals surface area contributed by atoms with Crippen LogP contribution in [0.15, 0.2) is 60.8 Å². The summed E-state index contributed by atoms with van der Waals surface area (Å²) in [6.45, 7) is 3.32. The summed E-state index contributed by atoms with van der Waals surface area (Å²) in [5, 5.41) is 2.63. The SMILES string of the molecule is COc1ccc(CN(C)Cc2ccc(-c3ccc(N4C[C@H](CNC(C)=O)OC4=O)cc3F)cc2)cn1. The van der Waals surface area contributed by atoms with Crippen LogP contribution in [0.5, 0.6) is 5.88 Å². The number of methoxy groups -OCH3 is 1. The predicted octanol–water partition coefficient (Wildman–Crippen LogP) is 3.99. The molecule has 0 spiro atoms. The number of amides is 2. The zero-order valence-electron chi connectivity index (χ0n) is 20.5. The van der Waals surface area contributed by atoms with Crippen LogP contribution in [0.4, 0.5) is 14.9 Å². The maximum Gasteiger partial charge on any atom is 0.414 e. The molecule has 188 valence electrons. The Morgan fingerprint density at radius 2 is 1.89 bits per heavy atom. The highest BCUT2D eigenvalue weighted by Gasteiger charge is 2.32. The molecular formula is C27H29FN4O4. The first-order valence-corrected chi connectivity index (χ1v) is 11.6. The van der Waals surface area contributed by atoms with Crippen LogP contribution in [0.2, 0.25) is 0 Å². The number of nitrogens with zero attached hydrogens (tertiary/aromatic N) is 3. The van der Waals surface area contributed by atoms with Gasteiger partial charge >= 0.3 is 6.09 Å². The fourth-order valence-electron chi connectivity index (χ4n) is 4.10. The summed E-state index contributed by atoms with van der Waals surface area (Å²) in [7, 11) is 3.62. The van der Waals surface area contributed by atoms with E-state index < -0.39 is 18.0 Å². The summed E-state index contributed by atoms with van der Waals surface area (Å²) in [4.78, 5) is 31.1. The van der Waals surface area contributed by atoms with Gasteiger partial charge in [-0.05, 0) is 41.9 Å². The highest BCUT2D eigenvalue weighted by Crippen LogP contribution is 2.29. The zero-order chi connectivity index (χ0) is 25.7. The van der Waals surface area contributed by atoms with Crippen LogP contribution in [0.25, 0.3) is 11.1 Å². The van der Waals surface area contributed by atoms with Crippen LogP contribution in [0.1, 0.15) is 18.1 Å². The van der Waals surface area contributed by atoms with Crippen molar-refractivity contribution < 1.29 is 23.5 Å². The number of anilines is 1. The summed E-state index contributed by atoms with van der Waals surface area (Å²) in [6.07, 6.45) is 0.766. The third kappa shape index (κ3) is 6.17. The van der Waals surface area contributed by atoms with Crippen molar-refractivity contribution >= 4 is 17.7 Å². The minimum absolute atomic E-state index is 0.202. The van der Waals surface area contributed by atoms with E-state index in [9.17, 15) is 9.59 Å². The van der Waals surface area contributed by atoms with E-state index in [1.165, 1.54) is 17.9 Å². The normalized spacial score (nSPS) is 15.2. The van der Waals surface area contributed by atoms with Gasteiger partial charge in [-0.25, -0.2) is 14.2 Å². The van der Waals surface area contributed by atoms with Crippen LogP contribution in [-0.2, 0) is 22.6 Å². The van der Waals surface area contributed by atoms with Gasteiger partial charge in [-0.1, -0.05) is 30.3 Å². The molecule has 36 heavy (non-hydrogen) atoms. The van der Waals surface area contributed by atoms with Crippen LogP contribution >= 0.6 is 0 Å². The third-order valence-electron chi connectivity index (χ3n) is 5.89. The van der Waals surface area contributed by atoms with Gasteiger partial charge in [-0.2, -0.15) is 0 Å². The van der Waals surface area contributed by atoms with Crippen molar-refractivity contribution in [1.29, 1.82) is 0 Å². The summed E-state index contributed by atoms with van der Waals surface area (Å²) in [5.74, 6) is -0.0432. The van der Waals surface area contributed by atoms with Gasteiger partial charge in [-0.15, -0.1) is 0 Å². The Labute approximate surface area is 209 Å². The highest BCUT2D eigenvalue weighted by molar-refractivity contribution is 5.90. The monoisotopic (exact) mass is 492 g/mol. The molecule has 1 aliphatic rings. The Morgan fingerprint density at radius 3 is 2.53 bits per heavy atom. The number of halogens is 1. The number of hydrogen-bond acceptors (Lipinski definition) is 6. The summed E-state index contributed by atoms with van der Waals surface area (Å²) >= 11 is 0. The summed E-state index contributed by atoms with van der Waals surface area (Å²) in [5.41, 5.74) is 3.80. The first-order chi connectivity index (χ1) is 17.3. The number of aromatic nitrogens is 1. The molecule has 0 aliphatic carbocycles. The molecule has 9 heteroatoms. The van der Waals surface area contributed by atoms with Gasteiger partial charge in [0, 0.05) is 37.8 Å². The molecule has 0 saturated carbocycles. The van der Waals surface area contributed by atoms with E-state index in [1.54, 1.807) is 25.4 Å². The van der Waals surface area contributed by atoms with E-state index in [1.807, 2.05) is 43.4 Å². The largest absolute Gasteiger partial charge is 0.481 e. The third-order valence-corrected chi connectivity index (χ3v) is 5.89. The number of hydrogen-bond donors (Lipinski definition) is 1. The average Bonchev–Trinajstić information content (AvgIpc) is 3.24. The maximum atomic E-state index is 15.0. The smallest absolute Gasteiger partial charge is 0.414 e. The molecule has 1 fully saturated rings. The molecule has 1 N–H and O–H groups in total. The highest BCUT2D eigenvalue weighted by atomic mass is 19.1. The van der Waals surface area contributed by atoms with Crippen molar-refractivity contribution in [3.05, 3.63) is 77.7 Å². The fraction of sp³-hybridized carbons (Fsp3) is 0.296. The molecule has 1 atom stereocenters. The molecule has 2 aromatic carbocycles. The van der Waals surface area contributed by atoms with Gasteiger partial charge in [-0.3, -0.25) is 14.6 Å². The van der Waals surface area contributed by atoms with Crippen molar-refractivity contribution in [3.8, 4) is 17.0 Å². The molecule has 1 aromatic heterocycles. The van der Waals surface area contributed by atoms with Gasteiger partial charge in [0.1, 0.15) is 11.9 Å². The van der Waals surface area contributed by atoms with Gasteiger partial charge < -0.3 is 14.8 Å². The first kappa shape index (κ1) is 25.1. The summed E-state index contributed by atoms with van der Waals surface area (Å²) in [6, 6.07) is 16.3. The van der Waals surface area contributed by atoms with Crippen molar-refractivity contribution in [2.75, 3.05) is 32.1 Å². The number of nitrogens with one attached hydrogen (secondary N) is 1. The Morgan fingerprint density at radius 1 is 1.17 bits per heavy atom. The summed E-state index contributed by atoms with van der Waals surface area (Å²) < 4.78 is 25.4. The average molecular weight is 493 g/mol. The minimum atomic E-state index is -0.559. The first-order valence-electron chi connectivity index (χ1n) is 11.6. The lowest BCUT2D eigenvalue weighted by molar-refractivity contribution is -0.119.